The molecule has 2 amide bonds. The Morgan fingerprint density at radius 3 is 2.33 bits per heavy atom. The molecule has 0 unspecified atom stereocenters. The quantitative estimate of drug-likeness (QED) is 0.478. The number of hydrogen-bond acceptors (Lipinski definition) is 3. The molecule has 0 aliphatic carbocycles. The normalized spacial score (nSPS) is 10.8. The van der Waals surface area contributed by atoms with Crippen LogP contribution in [0.1, 0.15) is 35.3 Å². The van der Waals surface area contributed by atoms with Crippen molar-refractivity contribution in [2.75, 3.05) is 18.4 Å². The zero-order valence-electron chi connectivity index (χ0n) is 17.9. The van der Waals surface area contributed by atoms with Gasteiger partial charge >= 0.3 is 0 Å². The first kappa shape index (κ1) is 21.3. The number of benzene rings is 2. The molecule has 0 fully saturated rings. The Labute approximate surface area is 176 Å². The third-order valence-corrected chi connectivity index (χ3v) is 5.43. The van der Waals surface area contributed by atoms with Crippen molar-refractivity contribution in [3.63, 3.8) is 0 Å². The zero-order valence-corrected chi connectivity index (χ0v) is 17.9. The Morgan fingerprint density at radius 1 is 0.967 bits per heavy atom. The number of carbonyl (C=O) groups is 3. The van der Waals surface area contributed by atoms with Crippen molar-refractivity contribution in [1.82, 2.24) is 9.47 Å². The van der Waals surface area contributed by atoms with Gasteiger partial charge < -0.3 is 14.8 Å². The molecule has 0 atom stereocenters. The van der Waals surface area contributed by atoms with E-state index in [9.17, 15) is 14.4 Å². The summed E-state index contributed by atoms with van der Waals surface area (Å²) >= 11 is 0. The number of likely N-dealkylation sites (N-methyl/N-ethyl adjacent to an activating group) is 1. The van der Waals surface area contributed by atoms with Gasteiger partial charge in [0.1, 0.15) is 6.54 Å². The van der Waals surface area contributed by atoms with E-state index in [1.54, 1.807) is 27.8 Å². The fourth-order valence-corrected chi connectivity index (χ4v) is 3.51. The minimum Gasteiger partial charge on any atom is -0.342 e. The number of amides is 2. The molecule has 1 aromatic heterocycles. The highest BCUT2D eigenvalue weighted by atomic mass is 16.2. The molecule has 6 nitrogen and oxygen atoms in total. The summed E-state index contributed by atoms with van der Waals surface area (Å²) in [5.41, 5.74) is 3.77. The lowest BCUT2D eigenvalue weighted by Crippen LogP contribution is -2.33. The van der Waals surface area contributed by atoms with Crippen molar-refractivity contribution in [1.29, 1.82) is 0 Å². The van der Waals surface area contributed by atoms with Gasteiger partial charge in [-0.25, -0.2) is 0 Å². The molecular weight excluding hydrogens is 378 g/mol. The maximum absolute atomic E-state index is 12.9. The van der Waals surface area contributed by atoms with Gasteiger partial charge in [0.15, 0.2) is 0 Å². The molecule has 30 heavy (non-hydrogen) atoms. The number of nitrogens with zero attached hydrogens (tertiary/aromatic N) is 2. The average Bonchev–Trinajstić information content (AvgIpc) is 3.09. The monoisotopic (exact) mass is 405 g/mol. The number of rotatable bonds is 7. The molecular formula is C24H27N3O3. The number of aromatic nitrogens is 1. The minimum absolute atomic E-state index is 0.0284. The van der Waals surface area contributed by atoms with Crippen molar-refractivity contribution in [3.8, 4) is 0 Å². The summed E-state index contributed by atoms with van der Waals surface area (Å²) in [4.78, 5) is 39.9. The maximum atomic E-state index is 12.9. The molecule has 0 saturated heterocycles. The van der Waals surface area contributed by atoms with Crippen molar-refractivity contribution in [3.05, 3.63) is 65.4 Å². The highest BCUT2D eigenvalue weighted by molar-refractivity contribution is 6.48. The van der Waals surface area contributed by atoms with Gasteiger partial charge in [0.2, 0.25) is 5.91 Å². The van der Waals surface area contributed by atoms with Crippen LogP contribution < -0.4 is 5.32 Å². The van der Waals surface area contributed by atoms with Crippen LogP contribution >= 0.6 is 0 Å². The summed E-state index contributed by atoms with van der Waals surface area (Å²) in [6.45, 7) is 9.17. The molecule has 1 N–H and O–H groups in total. The first-order valence-electron chi connectivity index (χ1n) is 10.1. The Morgan fingerprint density at radius 2 is 1.67 bits per heavy atom. The van der Waals surface area contributed by atoms with Gasteiger partial charge in [-0.15, -0.1) is 0 Å². The number of hydrogen-bond donors (Lipinski definition) is 1. The fourth-order valence-electron chi connectivity index (χ4n) is 3.51. The Hall–Kier alpha value is -3.41. The van der Waals surface area contributed by atoms with Crippen molar-refractivity contribution >= 4 is 34.2 Å². The van der Waals surface area contributed by atoms with Crippen LogP contribution in [0.25, 0.3) is 10.9 Å². The molecule has 0 bridgehead atoms. The standard InChI is InChI=1S/C24H27N3O3/c1-5-26(6-2)22(28)15-27-14-20(19-9-7-8-10-21(19)27)23(29)24(30)25-18-12-11-16(3)17(4)13-18/h7-14H,5-6,15H2,1-4H3,(H,25,30). The lowest BCUT2D eigenvalue weighted by molar-refractivity contribution is -0.131. The number of anilines is 1. The summed E-state index contributed by atoms with van der Waals surface area (Å²) in [5.74, 6) is -1.35. The second kappa shape index (κ2) is 8.95. The van der Waals surface area contributed by atoms with Crippen LogP contribution in [0.2, 0.25) is 0 Å². The topological polar surface area (TPSA) is 71.4 Å². The molecule has 6 heteroatoms. The fraction of sp³-hybridized carbons (Fsp3) is 0.292. The first-order chi connectivity index (χ1) is 14.3. The predicted molar refractivity (Wildman–Crippen MR) is 119 cm³/mol. The summed E-state index contributed by atoms with van der Waals surface area (Å²) in [6, 6.07) is 12.8. The second-order valence-electron chi connectivity index (χ2n) is 7.34. The highest BCUT2D eigenvalue weighted by Crippen LogP contribution is 2.23. The smallest absolute Gasteiger partial charge is 0.296 e. The van der Waals surface area contributed by atoms with Crippen molar-refractivity contribution in [2.45, 2.75) is 34.2 Å². The highest BCUT2D eigenvalue weighted by Gasteiger charge is 2.23. The van der Waals surface area contributed by atoms with Crippen molar-refractivity contribution in [2.24, 2.45) is 0 Å². The maximum Gasteiger partial charge on any atom is 0.296 e. The third kappa shape index (κ3) is 4.27. The van der Waals surface area contributed by atoms with Crippen LogP contribution in [0.15, 0.2) is 48.7 Å². The lowest BCUT2D eigenvalue weighted by Gasteiger charge is -2.19. The first-order valence-corrected chi connectivity index (χ1v) is 10.1. The summed E-state index contributed by atoms with van der Waals surface area (Å²) in [6.07, 6.45) is 1.61. The third-order valence-electron chi connectivity index (χ3n) is 5.43. The summed E-state index contributed by atoms with van der Waals surface area (Å²) in [7, 11) is 0. The van der Waals surface area contributed by atoms with Crippen molar-refractivity contribution < 1.29 is 14.4 Å². The molecule has 0 spiro atoms. The zero-order chi connectivity index (χ0) is 21.8. The molecule has 2 aromatic carbocycles. The molecule has 1 heterocycles. The van der Waals surface area contributed by atoms with E-state index >= 15 is 0 Å². The van der Waals surface area contributed by atoms with E-state index in [1.165, 1.54) is 0 Å². The van der Waals surface area contributed by atoms with E-state index in [-0.39, 0.29) is 12.5 Å². The van der Waals surface area contributed by atoms with Crippen LogP contribution in [0, 0.1) is 13.8 Å². The molecule has 0 saturated carbocycles. The van der Waals surface area contributed by atoms with Gasteiger partial charge in [-0.05, 0) is 57.0 Å². The number of ketones is 1. The molecule has 3 aromatic rings. The second-order valence-corrected chi connectivity index (χ2v) is 7.34. The van der Waals surface area contributed by atoms with Gasteiger partial charge in [0.05, 0.1) is 5.56 Å². The molecule has 0 aliphatic heterocycles. The number of nitrogens with one attached hydrogen (secondary N) is 1. The summed E-state index contributed by atoms with van der Waals surface area (Å²) < 4.78 is 1.74. The van der Waals surface area contributed by atoms with Crippen LogP contribution in [-0.2, 0) is 16.1 Å². The molecule has 156 valence electrons. The van der Waals surface area contributed by atoms with E-state index in [2.05, 4.69) is 5.32 Å². The minimum atomic E-state index is -0.698. The van der Waals surface area contributed by atoms with E-state index < -0.39 is 11.7 Å². The van der Waals surface area contributed by atoms with E-state index in [4.69, 9.17) is 0 Å². The van der Waals surface area contributed by atoms with Crippen LogP contribution in [0.3, 0.4) is 0 Å². The lowest BCUT2D eigenvalue weighted by atomic mass is 10.1. The van der Waals surface area contributed by atoms with E-state index in [0.29, 0.717) is 29.7 Å². The number of para-hydroxylation sites is 1. The van der Waals surface area contributed by atoms with E-state index in [1.807, 2.05) is 58.0 Å². The number of carbonyl (C=O) groups excluding carboxylic acids is 3. The predicted octanol–water partition coefficient (Wildman–Crippen LogP) is 3.95. The van der Waals surface area contributed by atoms with Crippen LogP contribution in [-0.4, -0.2) is 40.2 Å². The van der Waals surface area contributed by atoms with Gasteiger partial charge in [-0.1, -0.05) is 24.3 Å². The summed E-state index contributed by atoms with van der Waals surface area (Å²) in [5, 5.41) is 3.34. The Kier molecular flexibility index (Phi) is 6.35. The molecule has 0 radical (unpaired) electrons. The van der Waals surface area contributed by atoms with Crippen LogP contribution in [0.5, 0.6) is 0 Å². The largest absolute Gasteiger partial charge is 0.342 e. The SMILES string of the molecule is CCN(CC)C(=O)Cn1cc(C(=O)C(=O)Nc2ccc(C)c(C)c2)c2ccccc21. The van der Waals surface area contributed by atoms with Gasteiger partial charge in [-0.2, -0.15) is 0 Å². The number of aryl methyl sites for hydroxylation is 2. The van der Waals surface area contributed by atoms with E-state index in [0.717, 1.165) is 16.6 Å². The Bertz CT molecular complexity index is 1110. The Balaban J connectivity index is 1.89. The van der Waals surface area contributed by atoms with Gasteiger partial charge in [-0.3, -0.25) is 14.4 Å². The van der Waals surface area contributed by atoms with Gasteiger partial charge in [0, 0.05) is 35.9 Å². The molecule has 3 rings (SSSR count). The molecule has 0 aliphatic rings. The number of Topliss-reactive ketones (excluding diaryl/α,β-unsaturated/α-hetero) is 1. The number of fused-ring (bicyclic) bond motifs is 1. The van der Waals surface area contributed by atoms with Crippen LogP contribution in [0.4, 0.5) is 5.69 Å². The average molecular weight is 405 g/mol. The van der Waals surface area contributed by atoms with Gasteiger partial charge in [0.25, 0.3) is 11.7 Å².